The number of halogens is 2. The third-order valence-corrected chi connectivity index (χ3v) is 5.26. The van der Waals surface area contributed by atoms with Crippen molar-refractivity contribution in [1.29, 1.82) is 0 Å². The topological polar surface area (TPSA) is 9.23 Å². The van der Waals surface area contributed by atoms with E-state index in [2.05, 4.69) is 25.1 Å². The van der Waals surface area contributed by atoms with Crippen molar-refractivity contribution < 1.29 is 4.74 Å². The summed E-state index contributed by atoms with van der Waals surface area (Å²) in [5.74, 6) is 0.856. The average Bonchev–Trinajstić information content (AvgIpc) is 2.61. The maximum atomic E-state index is 6.49. The lowest BCUT2D eigenvalue weighted by atomic mass is 10.0. The van der Waals surface area contributed by atoms with Crippen LogP contribution in [0, 0.1) is 0 Å². The largest absolute Gasteiger partial charge is 0.492 e. The fourth-order valence-corrected chi connectivity index (χ4v) is 3.78. The Morgan fingerprint density at radius 1 is 0.800 bits per heavy atom. The van der Waals surface area contributed by atoms with Crippen molar-refractivity contribution >= 4 is 44.7 Å². The van der Waals surface area contributed by atoms with Crippen molar-refractivity contribution in [1.82, 2.24) is 0 Å². The normalized spacial score (nSPS) is 11.3. The fourth-order valence-electron chi connectivity index (χ4n) is 3.28. The molecule has 132 valence electrons. The van der Waals surface area contributed by atoms with Gasteiger partial charge in [-0.1, -0.05) is 86.5 Å². The molecule has 3 aromatic carbocycles. The lowest BCUT2D eigenvalue weighted by molar-refractivity contribution is 0.311. The van der Waals surface area contributed by atoms with Crippen LogP contribution in [-0.4, -0.2) is 6.61 Å². The first-order valence-electron chi connectivity index (χ1n) is 9.14. The van der Waals surface area contributed by atoms with E-state index in [1.54, 1.807) is 0 Å². The summed E-state index contributed by atoms with van der Waals surface area (Å²) in [6.07, 6.45) is 7.46. The second kappa shape index (κ2) is 8.78. The standard InChI is InChI=1S/C22H24Cl2O/c1-2-3-4-5-6-7-14-25-22-17-11-9-12-19(23)18(17)15-16-10-8-13-20(24)21(16)22/h8-13,15H,2-7,14H2,1H3. The zero-order chi connectivity index (χ0) is 17.6. The van der Waals surface area contributed by atoms with Gasteiger partial charge in [0.25, 0.3) is 0 Å². The van der Waals surface area contributed by atoms with E-state index in [1.807, 2.05) is 24.3 Å². The van der Waals surface area contributed by atoms with E-state index in [-0.39, 0.29) is 0 Å². The van der Waals surface area contributed by atoms with Crippen LogP contribution in [0.1, 0.15) is 45.4 Å². The Bertz CT molecular complexity index is 857. The van der Waals surface area contributed by atoms with E-state index in [0.717, 1.165) is 43.8 Å². The van der Waals surface area contributed by atoms with Gasteiger partial charge in [-0.05, 0) is 30.0 Å². The van der Waals surface area contributed by atoms with Crippen LogP contribution >= 0.6 is 23.2 Å². The molecule has 0 atom stereocenters. The van der Waals surface area contributed by atoms with Gasteiger partial charge in [0.2, 0.25) is 0 Å². The fraction of sp³-hybridized carbons (Fsp3) is 0.364. The summed E-state index contributed by atoms with van der Waals surface area (Å²) >= 11 is 12.9. The monoisotopic (exact) mass is 374 g/mol. The van der Waals surface area contributed by atoms with Crippen LogP contribution in [0.4, 0.5) is 0 Å². The van der Waals surface area contributed by atoms with Crippen LogP contribution in [0.2, 0.25) is 10.0 Å². The molecule has 3 heteroatoms. The van der Waals surface area contributed by atoms with E-state index in [4.69, 9.17) is 27.9 Å². The first-order chi connectivity index (χ1) is 12.2. The Morgan fingerprint density at radius 2 is 1.52 bits per heavy atom. The molecule has 0 spiro atoms. The molecule has 0 radical (unpaired) electrons. The Labute approximate surface area is 159 Å². The number of unbranched alkanes of at least 4 members (excludes halogenated alkanes) is 5. The lowest BCUT2D eigenvalue weighted by Crippen LogP contribution is -1.99. The van der Waals surface area contributed by atoms with E-state index in [9.17, 15) is 0 Å². The van der Waals surface area contributed by atoms with Crippen molar-refractivity contribution in [3.8, 4) is 5.75 Å². The number of ether oxygens (including phenoxy) is 1. The second-order valence-electron chi connectivity index (χ2n) is 6.49. The summed E-state index contributed by atoms with van der Waals surface area (Å²) in [6.45, 7) is 2.95. The van der Waals surface area contributed by atoms with Crippen LogP contribution in [0.25, 0.3) is 21.5 Å². The summed E-state index contributed by atoms with van der Waals surface area (Å²) < 4.78 is 6.23. The lowest BCUT2D eigenvalue weighted by Gasteiger charge is -2.15. The highest BCUT2D eigenvalue weighted by molar-refractivity contribution is 6.39. The Morgan fingerprint density at radius 3 is 2.36 bits per heavy atom. The van der Waals surface area contributed by atoms with E-state index < -0.39 is 0 Å². The molecule has 0 saturated carbocycles. The third kappa shape index (κ3) is 4.22. The van der Waals surface area contributed by atoms with E-state index in [0.29, 0.717) is 6.61 Å². The van der Waals surface area contributed by atoms with Gasteiger partial charge in [-0.15, -0.1) is 0 Å². The van der Waals surface area contributed by atoms with Gasteiger partial charge in [-0.25, -0.2) is 0 Å². The van der Waals surface area contributed by atoms with Crippen LogP contribution in [0.15, 0.2) is 42.5 Å². The SMILES string of the molecule is CCCCCCCCOc1c2cccc(Cl)c2cc2cccc(Cl)c12. The van der Waals surface area contributed by atoms with Crippen LogP contribution < -0.4 is 4.74 Å². The van der Waals surface area contributed by atoms with Crippen molar-refractivity contribution in [2.45, 2.75) is 45.4 Å². The molecular formula is C22H24Cl2O. The molecule has 0 unspecified atom stereocenters. The molecule has 0 N–H and O–H groups in total. The van der Waals surface area contributed by atoms with Gasteiger partial charge in [0, 0.05) is 21.2 Å². The molecule has 0 aliphatic carbocycles. The molecule has 3 rings (SSSR count). The smallest absolute Gasteiger partial charge is 0.136 e. The molecule has 0 amide bonds. The minimum Gasteiger partial charge on any atom is -0.492 e. The molecular weight excluding hydrogens is 351 g/mol. The Kier molecular flexibility index (Phi) is 6.45. The molecule has 0 bridgehead atoms. The summed E-state index contributed by atoms with van der Waals surface area (Å²) in [5.41, 5.74) is 0. The molecule has 3 aromatic rings. The molecule has 0 aliphatic rings. The van der Waals surface area contributed by atoms with Crippen LogP contribution in [0.3, 0.4) is 0 Å². The Hall–Kier alpha value is -1.44. The third-order valence-electron chi connectivity index (χ3n) is 4.61. The van der Waals surface area contributed by atoms with Crippen LogP contribution in [-0.2, 0) is 0 Å². The Balaban J connectivity index is 1.87. The van der Waals surface area contributed by atoms with E-state index >= 15 is 0 Å². The summed E-state index contributed by atoms with van der Waals surface area (Å²) in [7, 11) is 0. The highest BCUT2D eigenvalue weighted by Gasteiger charge is 2.13. The van der Waals surface area contributed by atoms with Crippen molar-refractivity contribution in [3.05, 3.63) is 52.5 Å². The van der Waals surface area contributed by atoms with Gasteiger partial charge in [-0.3, -0.25) is 0 Å². The quantitative estimate of drug-likeness (QED) is 0.286. The summed E-state index contributed by atoms with van der Waals surface area (Å²) in [5, 5.41) is 5.54. The number of fused-ring (bicyclic) bond motifs is 2. The number of rotatable bonds is 8. The molecule has 0 fully saturated rings. The van der Waals surface area contributed by atoms with Gasteiger partial charge < -0.3 is 4.74 Å². The van der Waals surface area contributed by atoms with Gasteiger partial charge in [0.15, 0.2) is 0 Å². The first-order valence-corrected chi connectivity index (χ1v) is 9.90. The van der Waals surface area contributed by atoms with Gasteiger partial charge in [0.05, 0.1) is 11.6 Å². The summed E-state index contributed by atoms with van der Waals surface area (Å²) in [6, 6.07) is 14.0. The summed E-state index contributed by atoms with van der Waals surface area (Å²) in [4.78, 5) is 0. The molecule has 1 nitrogen and oxygen atoms in total. The van der Waals surface area contributed by atoms with Crippen molar-refractivity contribution in [3.63, 3.8) is 0 Å². The predicted octanol–water partition coefficient (Wildman–Crippen LogP) is 8.04. The van der Waals surface area contributed by atoms with Crippen LogP contribution in [0.5, 0.6) is 5.75 Å². The number of hydrogen-bond acceptors (Lipinski definition) is 1. The predicted molar refractivity (Wildman–Crippen MR) is 110 cm³/mol. The average molecular weight is 375 g/mol. The molecule has 0 aromatic heterocycles. The van der Waals surface area contributed by atoms with Gasteiger partial charge >= 0.3 is 0 Å². The van der Waals surface area contributed by atoms with Gasteiger partial charge in [-0.2, -0.15) is 0 Å². The van der Waals surface area contributed by atoms with Gasteiger partial charge in [0.1, 0.15) is 5.75 Å². The highest BCUT2D eigenvalue weighted by Crippen LogP contribution is 2.41. The van der Waals surface area contributed by atoms with Crippen molar-refractivity contribution in [2.75, 3.05) is 6.61 Å². The zero-order valence-corrected chi connectivity index (χ0v) is 16.2. The second-order valence-corrected chi connectivity index (χ2v) is 7.31. The maximum Gasteiger partial charge on any atom is 0.136 e. The molecule has 0 aliphatic heterocycles. The zero-order valence-electron chi connectivity index (χ0n) is 14.7. The molecule has 25 heavy (non-hydrogen) atoms. The van der Waals surface area contributed by atoms with Crippen molar-refractivity contribution in [2.24, 2.45) is 0 Å². The highest BCUT2D eigenvalue weighted by atomic mass is 35.5. The number of hydrogen-bond donors (Lipinski definition) is 0. The maximum absolute atomic E-state index is 6.49. The molecule has 0 saturated heterocycles. The van der Waals surface area contributed by atoms with E-state index in [1.165, 1.54) is 32.1 Å². The minimum absolute atomic E-state index is 0.706. The first kappa shape index (κ1) is 18.4. The molecule has 0 heterocycles. The number of benzene rings is 3. The minimum atomic E-state index is 0.706.